The summed E-state index contributed by atoms with van der Waals surface area (Å²) in [5.74, 6) is 0.378. The number of aldehydes is 1. The van der Waals surface area contributed by atoms with Gasteiger partial charge in [-0.3, -0.25) is 14.1 Å². The molecule has 0 radical (unpaired) electrons. The zero-order chi connectivity index (χ0) is 23.4. The van der Waals surface area contributed by atoms with Crippen LogP contribution >= 0.6 is 0 Å². The molecule has 1 unspecified atom stereocenters. The van der Waals surface area contributed by atoms with Gasteiger partial charge in [0.25, 0.3) is 10.0 Å². The van der Waals surface area contributed by atoms with E-state index in [1.807, 2.05) is 12.1 Å². The third-order valence-corrected chi connectivity index (χ3v) is 7.36. The zero-order valence-corrected chi connectivity index (χ0v) is 19.1. The van der Waals surface area contributed by atoms with Crippen LogP contribution in [0.1, 0.15) is 40.4 Å². The molecular weight excluding hydrogens is 443 g/mol. The number of rotatable bonds is 9. The summed E-state index contributed by atoms with van der Waals surface area (Å²) in [6.07, 6.45) is 4.81. The van der Waals surface area contributed by atoms with Crippen LogP contribution in [0.15, 0.2) is 65.8 Å². The van der Waals surface area contributed by atoms with E-state index >= 15 is 0 Å². The Morgan fingerprint density at radius 3 is 2.52 bits per heavy atom. The zero-order valence-electron chi connectivity index (χ0n) is 18.3. The highest BCUT2D eigenvalue weighted by molar-refractivity contribution is 7.92. The van der Waals surface area contributed by atoms with Gasteiger partial charge in [-0.2, -0.15) is 0 Å². The lowest BCUT2D eigenvalue weighted by Gasteiger charge is -2.27. The Morgan fingerprint density at radius 2 is 1.88 bits per heavy atom. The molecule has 0 fully saturated rings. The quantitative estimate of drug-likeness (QED) is 0.432. The van der Waals surface area contributed by atoms with E-state index in [1.165, 1.54) is 31.5 Å². The number of hydrogen-bond donors (Lipinski definition) is 0. The van der Waals surface area contributed by atoms with E-state index in [9.17, 15) is 17.6 Å². The summed E-state index contributed by atoms with van der Waals surface area (Å²) in [6, 6.07) is 13.6. The molecule has 0 N–H and O–H groups in total. The number of fused-ring (bicyclic) bond motifs is 1. The van der Waals surface area contributed by atoms with Crippen LogP contribution in [0.4, 0.5) is 10.1 Å². The second-order valence-electron chi connectivity index (χ2n) is 8.10. The molecular formula is C25H25FN2O4S. The summed E-state index contributed by atoms with van der Waals surface area (Å²) in [4.78, 5) is 14.8. The minimum Gasteiger partial charge on any atom is -0.487 e. The van der Waals surface area contributed by atoms with Gasteiger partial charge < -0.3 is 4.74 Å². The third-order valence-electron chi connectivity index (χ3n) is 5.59. The van der Waals surface area contributed by atoms with Crippen LogP contribution in [0, 0.1) is 0 Å². The first-order chi connectivity index (χ1) is 15.9. The highest BCUT2D eigenvalue weighted by Crippen LogP contribution is 2.38. The van der Waals surface area contributed by atoms with E-state index in [4.69, 9.17) is 4.74 Å². The minimum absolute atomic E-state index is 0.0125. The van der Waals surface area contributed by atoms with Gasteiger partial charge in [-0.15, -0.1) is 0 Å². The monoisotopic (exact) mass is 468 g/mol. The number of benzene rings is 2. The van der Waals surface area contributed by atoms with Gasteiger partial charge in [0.15, 0.2) is 0 Å². The largest absolute Gasteiger partial charge is 0.487 e. The maximum Gasteiger partial charge on any atom is 0.266 e. The van der Waals surface area contributed by atoms with E-state index in [2.05, 4.69) is 4.98 Å². The molecule has 172 valence electrons. The summed E-state index contributed by atoms with van der Waals surface area (Å²) < 4.78 is 48.4. The number of halogens is 1. The highest BCUT2D eigenvalue weighted by Gasteiger charge is 2.30. The van der Waals surface area contributed by atoms with Crippen molar-refractivity contribution in [3.63, 3.8) is 0 Å². The number of ether oxygens (including phenoxy) is 1. The third kappa shape index (κ3) is 5.06. The fourth-order valence-corrected chi connectivity index (χ4v) is 5.44. The molecule has 0 saturated carbocycles. The molecule has 1 heterocycles. The van der Waals surface area contributed by atoms with Crippen molar-refractivity contribution in [2.24, 2.45) is 0 Å². The summed E-state index contributed by atoms with van der Waals surface area (Å²) >= 11 is 0. The topological polar surface area (TPSA) is 76.6 Å². The van der Waals surface area contributed by atoms with Gasteiger partial charge in [-0.25, -0.2) is 12.8 Å². The van der Waals surface area contributed by atoms with Gasteiger partial charge in [0.1, 0.15) is 29.7 Å². The van der Waals surface area contributed by atoms with Crippen molar-refractivity contribution in [1.82, 2.24) is 4.98 Å². The Bertz CT molecular complexity index is 1230. The molecule has 0 aliphatic heterocycles. The lowest BCUT2D eigenvalue weighted by molar-refractivity contribution is 0.112. The van der Waals surface area contributed by atoms with E-state index in [0.29, 0.717) is 17.0 Å². The van der Waals surface area contributed by atoms with Gasteiger partial charge in [-0.1, -0.05) is 24.3 Å². The van der Waals surface area contributed by atoms with Gasteiger partial charge >= 0.3 is 0 Å². The summed E-state index contributed by atoms with van der Waals surface area (Å²) in [7, 11) is -4.07. The van der Waals surface area contributed by atoms with Gasteiger partial charge in [0.05, 0.1) is 12.2 Å². The number of aryl methyl sites for hydroxylation is 2. The van der Waals surface area contributed by atoms with Crippen LogP contribution in [0.5, 0.6) is 5.75 Å². The molecule has 8 heteroatoms. The first-order valence-electron chi connectivity index (χ1n) is 10.8. The standard InChI is InChI=1S/C25H25FN2O4S/c1-18(26)15-28(33(30,31)23-6-3-11-27-14-23)24-12-21-4-2-5-22(21)13-25(24)32-17-20-9-7-19(16-29)8-10-20/h3,6-14,16,18H,2,4-5,15,17H2,1H3. The fourth-order valence-electron chi connectivity index (χ4n) is 3.93. The predicted molar refractivity (Wildman–Crippen MR) is 124 cm³/mol. The van der Waals surface area contributed by atoms with Crippen molar-refractivity contribution in [1.29, 1.82) is 0 Å². The molecule has 2 aromatic carbocycles. The predicted octanol–water partition coefficient (Wildman–Crippen LogP) is 4.52. The van der Waals surface area contributed by atoms with E-state index in [1.54, 1.807) is 24.3 Å². The molecule has 1 aromatic heterocycles. The molecule has 1 aliphatic rings. The fraction of sp³-hybridized carbons (Fsp3) is 0.280. The molecule has 1 aliphatic carbocycles. The number of pyridine rings is 1. The summed E-state index contributed by atoms with van der Waals surface area (Å²) in [5.41, 5.74) is 3.85. The van der Waals surface area contributed by atoms with Crippen LogP contribution in [0.2, 0.25) is 0 Å². The first-order valence-corrected chi connectivity index (χ1v) is 12.2. The first kappa shape index (κ1) is 22.9. The maximum atomic E-state index is 14.2. The number of aromatic nitrogens is 1. The Morgan fingerprint density at radius 1 is 1.15 bits per heavy atom. The van der Waals surface area contributed by atoms with E-state index in [-0.39, 0.29) is 18.0 Å². The van der Waals surface area contributed by atoms with Crippen molar-refractivity contribution >= 4 is 22.0 Å². The number of sulfonamides is 1. The average molecular weight is 469 g/mol. The summed E-state index contributed by atoms with van der Waals surface area (Å²) in [5, 5.41) is 0. The molecule has 1 atom stereocenters. The molecule has 3 aromatic rings. The number of carbonyl (C=O) groups excluding carboxylic acids is 1. The van der Waals surface area contributed by atoms with Crippen LogP contribution in [-0.4, -0.2) is 32.4 Å². The van der Waals surface area contributed by atoms with Crippen molar-refractivity contribution in [3.8, 4) is 5.75 Å². The Labute approximate surface area is 193 Å². The number of nitrogens with zero attached hydrogens (tertiary/aromatic N) is 2. The SMILES string of the molecule is CC(F)CN(c1cc2c(cc1OCc1ccc(C=O)cc1)CCC2)S(=O)(=O)c1cccnc1. The van der Waals surface area contributed by atoms with Crippen LogP contribution in [-0.2, 0) is 29.5 Å². The van der Waals surface area contributed by atoms with Crippen molar-refractivity contribution in [3.05, 3.63) is 83.2 Å². The second kappa shape index (κ2) is 9.70. The number of alkyl halides is 1. The molecule has 0 saturated heterocycles. The van der Waals surface area contributed by atoms with Crippen molar-refractivity contribution < 1.29 is 22.3 Å². The molecule has 0 amide bonds. The highest BCUT2D eigenvalue weighted by atomic mass is 32.2. The normalized spacial score (nSPS) is 13.9. The minimum atomic E-state index is -4.07. The van der Waals surface area contributed by atoms with Crippen molar-refractivity contribution in [2.45, 2.75) is 43.9 Å². The molecule has 0 bridgehead atoms. The van der Waals surface area contributed by atoms with E-state index < -0.39 is 16.2 Å². The van der Waals surface area contributed by atoms with Crippen LogP contribution in [0.3, 0.4) is 0 Å². The maximum absolute atomic E-state index is 14.2. The lowest BCUT2D eigenvalue weighted by atomic mass is 10.1. The smallest absolute Gasteiger partial charge is 0.266 e. The van der Waals surface area contributed by atoms with Gasteiger partial charge in [0, 0.05) is 18.0 Å². The number of hydrogen-bond acceptors (Lipinski definition) is 5. The summed E-state index contributed by atoms with van der Waals surface area (Å²) in [6.45, 7) is 1.16. The number of carbonyl (C=O) groups is 1. The van der Waals surface area contributed by atoms with Crippen molar-refractivity contribution in [2.75, 3.05) is 10.8 Å². The molecule has 6 nitrogen and oxygen atoms in total. The molecule has 4 rings (SSSR count). The van der Waals surface area contributed by atoms with Gasteiger partial charge in [-0.05, 0) is 67.1 Å². The van der Waals surface area contributed by atoms with Crippen LogP contribution < -0.4 is 9.04 Å². The lowest BCUT2D eigenvalue weighted by Crippen LogP contribution is -2.36. The van der Waals surface area contributed by atoms with E-state index in [0.717, 1.165) is 46.5 Å². The molecule has 33 heavy (non-hydrogen) atoms. The Balaban J connectivity index is 1.75. The molecule has 0 spiro atoms. The Hall–Kier alpha value is -3.26. The van der Waals surface area contributed by atoms with Gasteiger partial charge in [0.2, 0.25) is 0 Å². The second-order valence-corrected chi connectivity index (χ2v) is 9.96. The Kier molecular flexibility index (Phi) is 6.74. The average Bonchev–Trinajstić information content (AvgIpc) is 3.29. The van der Waals surface area contributed by atoms with Crippen LogP contribution in [0.25, 0.3) is 0 Å². The number of anilines is 1.